The Kier molecular flexibility index (Phi) is 7.82. The zero-order chi connectivity index (χ0) is 22.1. The minimum atomic E-state index is -0.268. The lowest BCUT2D eigenvalue weighted by Crippen LogP contribution is -2.37. The van der Waals surface area contributed by atoms with Gasteiger partial charge in [0.05, 0.1) is 12.6 Å². The van der Waals surface area contributed by atoms with E-state index in [1.54, 1.807) is 12.1 Å². The van der Waals surface area contributed by atoms with Crippen molar-refractivity contribution in [3.8, 4) is 16.9 Å². The van der Waals surface area contributed by atoms with Gasteiger partial charge >= 0.3 is 0 Å². The molecule has 3 rings (SSSR count). The van der Waals surface area contributed by atoms with Crippen LogP contribution in [-0.4, -0.2) is 31.0 Å². The van der Waals surface area contributed by atoms with Crippen molar-refractivity contribution in [2.24, 2.45) is 0 Å². The fourth-order valence-corrected chi connectivity index (χ4v) is 3.12. The van der Waals surface area contributed by atoms with Gasteiger partial charge in [0.2, 0.25) is 5.91 Å². The van der Waals surface area contributed by atoms with Crippen LogP contribution in [0, 0.1) is 0 Å². The third-order valence-corrected chi connectivity index (χ3v) is 4.69. The van der Waals surface area contributed by atoms with Crippen LogP contribution in [0.5, 0.6) is 5.75 Å². The van der Waals surface area contributed by atoms with E-state index in [1.165, 1.54) is 0 Å². The minimum Gasteiger partial charge on any atom is -0.491 e. The summed E-state index contributed by atoms with van der Waals surface area (Å²) in [5.74, 6) is 0.354. The molecule has 0 aliphatic carbocycles. The number of carbonyl (C=O) groups is 2. The molecule has 2 amide bonds. The maximum atomic E-state index is 12.3. The van der Waals surface area contributed by atoms with Gasteiger partial charge in [-0.1, -0.05) is 54.6 Å². The molecule has 0 fully saturated rings. The molecule has 5 heteroatoms. The van der Waals surface area contributed by atoms with Crippen molar-refractivity contribution in [1.82, 2.24) is 10.6 Å². The number of rotatable bonds is 9. The highest BCUT2D eigenvalue weighted by Gasteiger charge is 2.08. The largest absolute Gasteiger partial charge is 0.491 e. The topological polar surface area (TPSA) is 67.4 Å². The van der Waals surface area contributed by atoms with E-state index in [2.05, 4.69) is 10.6 Å². The molecule has 0 aliphatic heterocycles. The molecule has 3 aromatic carbocycles. The highest BCUT2D eigenvalue weighted by atomic mass is 16.5. The molecule has 31 heavy (non-hydrogen) atoms. The van der Waals surface area contributed by atoms with E-state index >= 15 is 0 Å². The van der Waals surface area contributed by atoms with Gasteiger partial charge in [0.25, 0.3) is 5.91 Å². The van der Waals surface area contributed by atoms with E-state index in [0.717, 1.165) is 22.4 Å². The number of nitrogens with one attached hydrogen (secondary N) is 2. The Bertz CT molecular complexity index is 981. The van der Waals surface area contributed by atoms with Crippen LogP contribution in [0.3, 0.4) is 0 Å². The first kappa shape index (κ1) is 22.1. The number of carbonyl (C=O) groups excluding carboxylic acids is 2. The molecule has 0 atom stereocenters. The van der Waals surface area contributed by atoms with Crippen LogP contribution in [0.2, 0.25) is 0 Å². The Labute approximate surface area is 183 Å². The van der Waals surface area contributed by atoms with Crippen molar-refractivity contribution < 1.29 is 14.3 Å². The fraction of sp³-hybridized carbons (Fsp3) is 0.231. The lowest BCUT2D eigenvalue weighted by atomic mass is 10.0. The van der Waals surface area contributed by atoms with Gasteiger partial charge in [0.1, 0.15) is 5.75 Å². The summed E-state index contributed by atoms with van der Waals surface area (Å²) in [6.07, 6.45) is 0.852. The average molecular weight is 417 g/mol. The van der Waals surface area contributed by atoms with E-state index in [4.69, 9.17) is 4.74 Å². The van der Waals surface area contributed by atoms with Crippen molar-refractivity contribution >= 4 is 11.8 Å². The average Bonchev–Trinajstić information content (AvgIpc) is 2.79. The van der Waals surface area contributed by atoms with Crippen molar-refractivity contribution in [3.05, 3.63) is 90.0 Å². The Morgan fingerprint density at radius 3 is 2.10 bits per heavy atom. The molecule has 0 spiro atoms. The molecular weight excluding hydrogens is 388 g/mol. The van der Waals surface area contributed by atoms with Crippen molar-refractivity contribution in [3.63, 3.8) is 0 Å². The third kappa shape index (κ3) is 7.00. The van der Waals surface area contributed by atoms with Gasteiger partial charge in [-0.05, 0) is 61.2 Å². The van der Waals surface area contributed by atoms with Crippen LogP contribution in [0.1, 0.15) is 29.8 Å². The van der Waals surface area contributed by atoms with E-state index in [-0.39, 0.29) is 24.5 Å². The highest BCUT2D eigenvalue weighted by Crippen LogP contribution is 2.19. The summed E-state index contributed by atoms with van der Waals surface area (Å²) in [6, 6.07) is 25.1. The van der Waals surface area contributed by atoms with Gasteiger partial charge in [0.15, 0.2) is 0 Å². The zero-order valence-corrected chi connectivity index (χ0v) is 17.9. The van der Waals surface area contributed by atoms with E-state index in [9.17, 15) is 9.59 Å². The predicted octanol–water partition coefficient (Wildman–Crippen LogP) is 4.23. The Morgan fingerprint density at radius 2 is 1.45 bits per heavy atom. The van der Waals surface area contributed by atoms with Gasteiger partial charge in [-0.25, -0.2) is 0 Å². The van der Waals surface area contributed by atoms with Crippen molar-refractivity contribution in [2.75, 3.05) is 13.1 Å². The first-order chi connectivity index (χ1) is 15.0. The second-order valence-corrected chi connectivity index (χ2v) is 7.54. The van der Waals surface area contributed by atoms with Gasteiger partial charge in [-0.15, -0.1) is 0 Å². The van der Waals surface area contributed by atoms with Gasteiger partial charge in [-0.3, -0.25) is 9.59 Å². The van der Waals surface area contributed by atoms with Crippen molar-refractivity contribution in [1.29, 1.82) is 0 Å². The maximum Gasteiger partial charge on any atom is 0.251 e. The number of hydrogen-bond donors (Lipinski definition) is 2. The summed E-state index contributed by atoms with van der Waals surface area (Å²) in [6.45, 7) is 4.43. The van der Waals surface area contributed by atoms with Gasteiger partial charge < -0.3 is 15.4 Å². The number of benzene rings is 3. The summed E-state index contributed by atoms with van der Waals surface area (Å²) in [4.78, 5) is 24.3. The van der Waals surface area contributed by atoms with E-state index in [0.29, 0.717) is 18.5 Å². The summed E-state index contributed by atoms with van der Waals surface area (Å²) in [7, 11) is 0. The molecule has 0 unspecified atom stereocenters. The number of hydrogen-bond acceptors (Lipinski definition) is 3. The molecule has 0 heterocycles. The zero-order valence-electron chi connectivity index (χ0n) is 17.9. The monoisotopic (exact) mass is 416 g/mol. The summed E-state index contributed by atoms with van der Waals surface area (Å²) >= 11 is 0. The standard InChI is InChI=1S/C26H28N2O3/c1-19(2)31-24-14-8-20(9-15-24)16-17-27-25(29)18-28-26(30)23-12-10-22(11-13-23)21-6-4-3-5-7-21/h3-15,19H,16-18H2,1-2H3,(H,27,29)(H,28,30). The summed E-state index contributed by atoms with van der Waals surface area (Å²) < 4.78 is 5.62. The number of amides is 2. The molecule has 0 aromatic heterocycles. The first-order valence-corrected chi connectivity index (χ1v) is 10.5. The van der Waals surface area contributed by atoms with Crippen LogP contribution in [0.4, 0.5) is 0 Å². The Morgan fingerprint density at radius 1 is 0.806 bits per heavy atom. The molecule has 160 valence electrons. The van der Waals surface area contributed by atoms with Gasteiger partial charge in [0, 0.05) is 12.1 Å². The Balaban J connectivity index is 1.39. The second-order valence-electron chi connectivity index (χ2n) is 7.54. The lowest BCUT2D eigenvalue weighted by molar-refractivity contribution is -0.120. The summed E-state index contributed by atoms with van der Waals surface area (Å²) in [5, 5.41) is 5.50. The maximum absolute atomic E-state index is 12.3. The molecule has 0 saturated carbocycles. The lowest BCUT2D eigenvalue weighted by Gasteiger charge is -2.10. The SMILES string of the molecule is CC(C)Oc1ccc(CCNC(=O)CNC(=O)c2ccc(-c3ccccc3)cc2)cc1. The van der Waals surface area contributed by atoms with Gasteiger partial charge in [-0.2, -0.15) is 0 Å². The molecular formula is C26H28N2O3. The quantitative estimate of drug-likeness (QED) is 0.549. The normalized spacial score (nSPS) is 10.5. The minimum absolute atomic E-state index is 0.0551. The molecule has 2 N–H and O–H groups in total. The smallest absolute Gasteiger partial charge is 0.251 e. The second kappa shape index (κ2) is 11.0. The first-order valence-electron chi connectivity index (χ1n) is 10.5. The van der Waals surface area contributed by atoms with Crippen LogP contribution in [0.25, 0.3) is 11.1 Å². The van der Waals surface area contributed by atoms with E-state index in [1.807, 2.05) is 80.6 Å². The summed E-state index contributed by atoms with van der Waals surface area (Å²) in [5.41, 5.74) is 3.77. The molecule has 0 bridgehead atoms. The molecule has 0 radical (unpaired) electrons. The highest BCUT2D eigenvalue weighted by molar-refractivity contribution is 5.96. The van der Waals surface area contributed by atoms with Crippen LogP contribution in [-0.2, 0) is 11.2 Å². The predicted molar refractivity (Wildman–Crippen MR) is 123 cm³/mol. The fourth-order valence-electron chi connectivity index (χ4n) is 3.12. The third-order valence-electron chi connectivity index (χ3n) is 4.69. The van der Waals surface area contributed by atoms with Crippen LogP contribution >= 0.6 is 0 Å². The molecule has 3 aromatic rings. The van der Waals surface area contributed by atoms with Crippen LogP contribution < -0.4 is 15.4 Å². The van der Waals surface area contributed by atoms with E-state index < -0.39 is 0 Å². The molecule has 0 aliphatic rings. The Hall–Kier alpha value is -3.60. The number of ether oxygens (including phenoxy) is 1. The van der Waals surface area contributed by atoms with Crippen molar-refractivity contribution in [2.45, 2.75) is 26.4 Å². The molecule has 0 saturated heterocycles. The van der Waals surface area contributed by atoms with Crippen LogP contribution in [0.15, 0.2) is 78.9 Å². The molecule has 5 nitrogen and oxygen atoms in total.